The number of nitrogens with zero attached hydrogens (tertiary/aromatic N) is 6. The van der Waals surface area contributed by atoms with E-state index >= 15 is 0 Å². The highest BCUT2D eigenvalue weighted by molar-refractivity contribution is 7.15. The molecule has 1 aromatic carbocycles. The number of halogens is 1. The number of hydrogen-bond donors (Lipinski definition) is 0. The topological polar surface area (TPSA) is 77.0 Å². The summed E-state index contributed by atoms with van der Waals surface area (Å²) in [5.74, 6) is 1.39. The second-order valence-electron chi connectivity index (χ2n) is 8.29. The predicted octanol–water partition coefficient (Wildman–Crippen LogP) is 4.16. The summed E-state index contributed by atoms with van der Waals surface area (Å²) in [4.78, 5) is 24.8. The average molecular weight is 495 g/mol. The maximum absolute atomic E-state index is 13.2. The molecule has 1 fully saturated rings. The van der Waals surface area contributed by atoms with Gasteiger partial charge in [-0.25, -0.2) is 6.57 Å². The van der Waals surface area contributed by atoms with Crippen LogP contribution in [-0.4, -0.2) is 57.6 Å². The lowest BCUT2D eigenvalue weighted by molar-refractivity contribution is -0.135. The Morgan fingerprint density at radius 2 is 1.97 bits per heavy atom. The van der Waals surface area contributed by atoms with Crippen molar-refractivity contribution in [3.05, 3.63) is 73.9 Å². The summed E-state index contributed by atoms with van der Waals surface area (Å²) >= 11 is 7.73. The number of morpholine rings is 1. The zero-order valence-corrected chi connectivity index (χ0v) is 20.5. The first-order chi connectivity index (χ1) is 16.5. The van der Waals surface area contributed by atoms with Crippen molar-refractivity contribution in [3.8, 4) is 5.00 Å². The lowest BCUT2D eigenvalue weighted by atomic mass is 9.99. The maximum atomic E-state index is 13.2. The normalized spacial score (nSPS) is 17.4. The van der Waals surface area contributed by atoms with Gasteiger partial charge in [-0.05, 0) is 31.5 Å². The van der Waals surface area contributed by atoms with Crippen molar-refractivity contribution in [1.82, 2.24) is 19.7 Å². The van der Waals surface area contributed by atoms with Gasteiger partial charge >= 0.3 is 0 Å². The fraction of sp³-hybridized carbons (Fsp3) is 0.375. The Morgan fingerprint density at radius 1 is 1.24 bits per heavy atom. The molecular formula is C24H23ClN6O2S. The van der Waals surface area contributed by atoms with Crippen LogP contribution in [0.3, 0.4) is 0 Å². The monoisotopic (exact) mass is 494 g/mol. The van der Waals surface area contributed by atoms with E-state index < -0.39 is 6.04 Å². The molecular weight excluding hydrogens is 472 g/mol. The molecule has 0 unspecified atom stereocenters. The van der Waals surface area contributed by atoms with Crippen LogP contribution in [0.15, 0.2) is 29.3 Å². The Kier molecular flexibility index (Phi) is 6.21. The number of amides is 1. The van der Waals surface area contributed by atoms with Gasteiger partial charge in [-0.15, -0.1) is 21.5 Å². The van der Waals surface area contributed by atoms with Crippen molar-refractivity contribution >= 4 is 34.6 Å². The molecule has 0 spiro atoms. The molecule has 1 atom stereocenters. The van der Waals surface area contributed by atoms with Crippen molar-refractivity contribution in [2.24, 2.45) is 4.99 Å². The molecule has 3 aromatic rings. The Bertz CT molecular complexity index is 1310. The minimum absolute atomic E-state index is 0.0235. The van der Waals surface area contributed by atoms with Crippen LogP contribution in [0.1, 0.15) is 45.7 Å². The SMILES string of the molecule is [C-]#[N+]Cc1sc2c(c1C)C(c1ccc(Cl)cc1)=N[C@@H](CC(=O)N1CCOCC1)c1nnc(C)n1-2. The molecule has 1 amide bonds. The smallest absolute Gasteiger partial charge is 0.249 e. The zero-order valence-electron chi connectivity index (χ0n) is 18.9. The minimum atomic E-state index is -0.495. The number of hydrogen-bond acceptors (Lipinski definition) is 6. The second kappa shape index (κ2) is 9.29. The Hall–Kier alpha value is -3.06. The highest BCUT2D eigenvalue weighted by atomic mass is 35.5. The molecule has 0 N–H and O–H groups in total. The van der Waals surface area contributed by atoms with E-state index in [9.17, 15) is 4.79 Å². The zero-order chi connectivity index (χ0) is 23.8. The number of aryl methyl sites for hydroxylation is 1. The molecule has 0 radical (unpaired) electrons. The number of aromatic nitrogens is 3. The van der Waals surface area contributed by atoms with Gasteiger partial charge in [-0.3, -0.25) is 14.4 Å². The van der Waals surface area contributed by atoms with Crippen molar-refractivity contribution in [2.45, 2.75) is 32.9 Å². The van der Waals surface area contributed by atoms with Crippen LogP contribution in [-0.2, 0) is 16.1 Å². The molecule has 2 aliphatic heterocycles. The van der Waals surface area contributed by atoms with E-state index in [1.807, 2.05) is 47.6 Å². The molecule has 0 saturated carbocycles. The molecule has 34 heavy (non-hydrogen) atoms. The minimum Gasteiger partial charge on any atom is -0.378 e. The Balaban J connectivity index is 1.67. The van der Waals surface area contributed by atoms with Gasteiger partial charge in [0.25, 0.3) is 0 Å². The fourth-order valence-corrected chi connectivity index (χ4v) is 5.81. The fourth-order valence-electron chi connectivity index (χ4n) is 4.40. The summed E-state index contributed by atoms with van der Waals surface area (Å²) in [5.41, 5.74) is 3.66. The standard InChI is InChI=1S/C24H23ClN6O2S/c1-14-19(13-26-3)34-24-21(14)22(16-4-6-17(25)7-5-16)27-18(23-29-28-15(2)31(23)24)12-20(32)30-8-10-33-11-9-30/h4-7,18H,8-13H2,1-2H3/t18-/m0/s1. The Morgan fingerprint density at radius 3 is 2.68 bits per heavy atom. The first-order valence-electron chi connectivity index (χ1n) is 11.0. The molecule has 5 rings (SSSR count). The number of aliphatic imine (C=N–C) groups is 1. The first kappa shape index (κ1) is 22.7. The molecule has 4 heterocycles. The molecule has 8 nitrogen and oxygen atoms in total. The summed E-state index contributed by atoms with van der Waals surface area (Å²) in [6.45, 7) is 13.9. The molecule has 2 aromatic heterocycles. The van der Waals surface area contributed by atoms with Gasteiger partial charge < -0.3 is 14.5 Å². The predicted molar refractivity (Wildman–Crippen MR) is 131 cm³/mol. The molecule has 10 heteroatoms. The van der Waals surface area contributed by atoms with Gasteiger partial charge in [0.2, 0.25) is 12.5 Å². The van der Waals surface area contributed by atoms with Crippen LogP contribution >= 0.6 is 22.9 Å². The summed E-state index contributed by atoms with van der Waals surface area (Å²) in [6, 6.07) is 7.06. The van der Waals surface area contributed by atoms with E-state index in [2.05, 4.69) is 15.0 Å². The summed E-state index contributed by atoms with van der Waals surface area (Å²) in [5, 5.41) is 10.4. The van der Waals surface area contributed by atoms with Crippen LogP contribution in [0, 0.1) is 20.4 Å². The second-order valence-corrected chi connectivity index (χ2v) is 9.81. The number of benzene rings is 1. The van der Waals surface area contributed by atoms with Crippen molar-refractivity contribution in [3.63, 3.8) is 0 Å². The number of carbonyl (C=O) groups excluding carboxylic acids is 1. The third-order valence-corrected chi connectivity index (χ3v) is 7.69. The number of ether oxygens (including phenoxy) is 1. The van der Waals surface area contributed by atoms with Crippen molar-refractivity contribution in [1.29, 1.82) is 0 Å². The maximum Gasteiger partial charge on any atom is 0.249 e. The van der Waals surface area contributed by atoms with Gasteiger partial charge in [0.15, 0.2) is 5.82 Å². The van der Waals surface area contributed by atoms with Crippen LogP contribution in [0.2, 0.25) is 5.02 Å². The van der Waals surface area contributed by atoms with E-state index in [1.165, 1.54) is 0 Å². The molecule has 1 saturated heterocycles. The number of rotatable bonds is 4. The van der Waals surface area contributed by atoms with Gasteiger partial charge in [-0.1, -0.05) is 23.7 Å². The van der Waals surface area contributed by atoms with Crippen LogP contribution in [0.25, 0.3) is 9.85 Å². The van der Waals surface area contributed by atoms with E-state index in [-0.39, 0.29) is 12.3 Å². The third kappa shape index (κ3) is 4.02. The van der Waals surface area contributed by atoms with E-state index in [1.54, 1.807) is 11.3 Å². The van der Waals surface area contributed by atoms with Gasteiger partial charge in [0, 0.05) is 29.2 Å². The average Bonchev–Trinajstić information content (AvgIpc) is 3.33. The first-order valence-corrected chi connectivity index (χ1v) is 12.2. The molecule has 0 aliphatic carbocycles. The summed E-state index contributed by atoms with van der Waals surface area (Å²) in [7, 11) is 0. The molecule has 174 valence electrons. The lowest BCUT2D eigenvalue weighted by Gasteiger charge is -2.27. The number of fused-ring (bicyclic) bond motifs is 3. The van der Waals surface area contributed by atoms with Gasteiger partial charge in [-0.2, -0.15) is 0 Å². The third-order valence-electron chi connectivity index (χ3n) is 6.17. The lowest BCUT2D eigenvalue weighted by Crippen LogP contribution is -2.41. The van der Waals surface area contributed by atoms with Crippen molar-refractivity contribution < 1.29 is 9.53 Å². The van der Waals surface area contributed by atoms with E-state index in [0.29, 0.717) is 43.7 Å². The van der Waals surface area contributed by atoms with Gasteiger partial charge in [0.1, 0.15) is 16.9 Å². The van der Waals surface area contributed by atoms with Crippen LogP contribution < -0.4 is 0 Å². The van der Waals surface area contributed by atoms with Crippen LogP contribution in [0.4, 0.5) is 0 Å². The summed E-state index contributed by atoms with van der Waals surface area (Å²) < 4.78 is 7.41. The van der Waals surface area contributed by atoms with Crippen molar-refractivity contribution in [2.75, 3.05) is 26.3 Å². The van der Waals surface area contributed by atoms with Crippen LogP contribution in [0.5, 0.6) is 0 Å². The molecule has 2 aliphatic rings. The van der Waals surface area contributed by atoms with E-state index in [4.69, 9.17) is 27.9 Å². The highest BCUT2D eigenvalue weighted by Crippen LogP contribution is 2.40. The summed E-state index contributed by atoms with van der Waals surface area (Å²) in [6.07, 6.45) is 0.193. The number of carbonyl (C=O) groups is 1. The largest absolute Gasteiger partial charge is 0.378 e. The van der Waals surface area contributed by atoms with Gasteiger partial charge in [0.05, 0.1) is 30.2 Å². The number of thiophene rings is 1. The quantitative estimate of drug-likeness (QED) is 0.510. The molecule has 0 bridgehead atoms. The van der Waals surface area contributed by atoms with E-state index in [0.717, 1.165) is 38.1 Å². The Labute approximate surface area is 206 Å². The highest BCUT2D eigenvalue weighted by Gasteiger charge is 2.34.